The molecule has 0 saturated heterocycles. The lowest BCUT2D eigenvalue weighted by Crippen LogP contribution is -2.07. The Kier molecular flexibility index (Phi) is 9.57. The van der Waals surface area contributed by atoms with Crippen LogP contribution in [0, 0.1) is 0 Å². The molecule has 0 bridgehead atoms. The van der Waals surface area contributed by atoms with Crippen LogP contribution in [0.15, 0.2) is 109 Å². The fourth-order valence-electron chi connectivity index (χ4n) is 2.90. The van der Waals surface area contributed by atoms with E-state index in [-0.39, 0.29) is 11.7 Å². The summed E-state index contributed by atoms with van der Waals surface area (Å²) in [7, 11) is 0. The predicted molar refractivity (Wildman–Crippen MR) is 133 cm³/mol. The second-order valence-corrected chi connectivity index (χ2v) is 7.38. The largest absolute Gasteiger partial charge is 0.508 e. The van der Waals surface area contributed by atoms with Gasteiger partial charge in [-0.05, 0) is 55.0 Å². The minimum absolute atomic E-state index is 0.205. The molecule has 5 nitrogen and oxygen atoms in total. The molecule has 0 unspecified atom stereocenters. The Morgan fingerprint density at radius 1 is 0.647 bits per heavy atom. The summed E-state index contributed by atoms with van der Waals surface area (Å²) in [6.07, 6.45) is 2.27. The molecule has 0 aromatic heterocycles. The van der Waals surface area contributed by atoms with Crippen molar-refractivity contribution in [2.24, 2.45) is 0 Å². The van der Waals surface area contributed by atoms with Crippen LogP contribution in [0.4, 0.5) is 0 Å². The summed E-state index contributed by atoms with van der Waals surface area (Å²) in [5.74, 6) is 3.31. The fraction of sp³-hybridized carbons (Fsp3) is 0.138. The normalized spacial score (nSPS) is 9.91. The fourth-order valence-corrected chi connectivity index (χ4v) is 2.90. The Balaban J connectivity index is 0.000000202. The van der Waals surface area contributed by atoms with Gasteiger partial charge in [0.25, 0.3) is 0 Å². The number of ether oxygens (including phenoxy) is 3. The second kappa shape index (κ2) is 13.3. The highest BCUT2D eigenvalue weighted by atomic mass is 16.5. The first kappa shape index (κ1) is 24.4. The van der Waals surface area contributed by atoms with Gasteiger partial charge in [-0.25, -0.2) is 0 Å². The van der Waals surface area contributed by atoms with Gasteiger partial charge in [-0.3, -0.25) is 4.79 Å². The number of carbonyl (C=O) groups is 1. The maximum Gasteiger partial charge on any atom is 0.311 e. The van der Waals surface area contributed by atoms with Crippen molar-refractivity contribution < 1.29 is 24.1 Å². The molecule has 174 valence electrons. The molecule has 0 radical (unpaired) electrons. The van der Waals surface area contributed by atoms with Crippen molar-refractivity contribution in [2.45, 2.75) is 26.2 Å². The van der Waals surface area contributed by atoms with Gasteiger partial charge in [0.1, 0.15) is 34.5 Å². The number of hydrogen-bond donors (Lipinski definition) is 1. The van der Waals surface area contributed by atoms with E-state index in [2.05, 4.69) is 0 Å². The number of unbranched alkanes of at least 4 members (excludes halogenated alkanes) is 1. The molecule has 0 amide bonds. The van der Waals surface area contributed by atoms with Crippen LogP contribution in [-0.4, -0.2) is 11.1 Å². The topological polar surface area (TPSA) is 65.0 Å². The number of para-hydroxylation sites is 2. The van der Waals surface area contributed by atoms with Crippen LogP contribution < -0.4 is 14.2 Å². The number of hydrogen-bond acceptors (Lipinski definition) is 5. The van der Waals surface area contributed by atoms with Crippen LogP contribution >= 0.6 is 0 Å². The summed E-state index contributed by atoms with van der Waals surface area (Å²) in [5.41, 5.74) is 0. The standard InChI is InChI=1S/C17H18O3.C12H10O2/c1-2-3-12-17(18)20-16-11-7-10-15(13-16)19-14-8-5-4-6-9-14;13-10-5-4-8-12(9-10)14-11-6-2-1-3-7-11/h4-11,13H,2-3,12H2,1H3;1-9,13H. The minimum Gasteiger partial charge on any atom is -0.508 e. The van der Waals surface area contributed by atoms with E-state index in [1.54, 1.807) is 42.5 Å². The summed E-state index contributed by atoms with van der Waals surface area (Å²) in [5, 5.41) is 9.21. The molecule has 0 aliphatic heterocycles. The Labute approximate surface area is 200 Å². The van der Waals surface area contributed by atoms with Crippen molar-refractivity contribution in [3.05, 3.63) is 109 Å². The average molecular weight is 457 g/mol. The smallest absolute Gasteiger partial charge is 0.311 e. The minimum atomic E-state index is -0.205. The molecule has 0 aliphatic rings. The Morgan fingerprint density at radius 3 is 1.71 bits per heavy atom. The Bertz CT molecular complexity index is 1140. The molecule has 0 aliphatic carbocycles. The Hall–Kier alpha value is -4.25. The van der Waals surface area contributed by atoms with E-state index in [9.17, 15) is 9.90 Å². The zero-order chi connectivity index (χ0) is 24.0. The lowest BCUT2D eigenvalue weighted by Gasteiger charge is -2.08. The molecule has 0 fully saturated rings. The molecule has 5 heteroatoms. The number of benzene rings is 4. The van der Waals surface area contributed by atoms with E-state index in [1.165, 1.54) is 0 Å². The van der Waals surface area contributed by atoms with E-state index in [1.807, 2.05) is 73.7 Å². The SMILES string of the molecule is CCCCC(=O)Oc1cccc(Oc2ccccc2)c1.Oc1cccc(Oc2ccccc2)c1. The van der Waals surface area contributed by atoms with E-state index >= 15 is 0 Å². The van der Waals surface area contributed by atoms with E-state index < -0.39 is 0 Å². The highest BCUT2D eigenvalue weighted by molar-refractivity contribution is 5.72. The summed E-state index contributed by atoms with van der Waals surface area (Å²) < 4.78 is 16.5. The number of phenolic OH excluding ortho intramolecular Hbond substituents is 1. The van der Waals surface area contributed by atoms with Crippen molar-refractivity contribution in [3.63, 3.8) is 0 Å². The van der Waals surface area contributed by atoms with Gasteiger partial charge >= 0.3 is 5.97 Å². The summed E-state index contributed by atoms with van der Waals surface area (Å²) in [6, 6.07) is 32.8. The van der Waals surface area contributed by atoms with Gasteiger partial charge < -0.3 is 19.3 Å². The van der Waals surface area contributed by atoms with Crippen molar-refractivity contribution in [2.75, 3.05) is 0 Å². The van der Waals surface area contributed by atoms with Gasteiger partial charge in [0.15, 0.2) is 0 Å². The third-order valence-electron chi connectivity index (χ3n) is 4.55. The highest BCUT2D eigenvalue weighted by Gasteiger charge is 2.05. The van der Waals surface area contributed by atoms with Crippen LogP contribution in [0.2, 0.25) is 0 Å². The van der Waals surface area contributed by atoms with Crippen molar-refractivity contribution in [1.29, 1.82) is 0 Å². The first-order valence-electron chi connectivity index (χ1n) is 11.2. The molecular weight excluding hydrogens is 428 g/mol. The second-order valence-electron chi connectivity index (χ2n) is 7.38. The zero-order valence-corrected chi connectivity index (χ0v) is 19.1. The average Bonchev–Trinajstić information content (AvgIpc) is 2.85. The van der Waals surface area contributed by atoms with E-state index in [4.69, 9.17) is 14.2 Å². The molecule has 4 aromatic carbocycles. The van der Waals surface area contributed by atoms with E-state index in [0.717, 1.165) is 24.3 Å². The van der Waals surface area contributed by atoms with Crippen LogP contribution in [0.5, 0.6) is 34.5 Å². The van der Waals surface area contributed by atoms with Crippen LogP contribution in [-0.2, 0) is 4.79 Å². The maximum atomic E-state index is 11.6. The van der Waals surface area contributed by atoms with Gasteiger partial charge in [0.2, 0.25) is 0 Å². The summed E-state index contributed by atoms with van der Waals surface area (Å²) in [4.78, 5) is 11.6. The molecule has 4 rings (SSSR count). The molecule has 0 heterocycles. The van der Waals surface area contributed by atoms with Crippen LogP contribution in [0.3, 0.4) is 0 Å². The van der Waals surface area contributed by atoms with Crippen LogP contribution in [0.1, 0.15) is 26.2 Å². The van der Waals surface area contributed by atoms with Gasteiger partial charge in [0, 0.05) is 18.6 Å². The van der Waals surface area contributed by atoms with Gasteiger partial charge in [-0.1, -0.05) is 61.9 Å². The van der Waals surface area contributed by atoms with Gasteiger partial charge in [-0.2, -0.15) is 0 Å². The summed E-state index contributed by atoms with van der Waals surface area (Å²) in [6.45, 7) is 2.04. The molecule has 4 aromatic rings. The maximum absolute atomic E-state index is 11.6. The molecule has 1 N–H and O–H groups in total. The number of phenols is 1. The highest BCUT2D eigenvalue weighted by Crippen LogP contribution is 2.25. The Morgan fingerprint density at radius 2 is 1.15 bits per heavy atom. The van der Waals surface area contributed by atoms with Crippen molar-refractivity contribution in [3.8, 4) is 34.5 Å². The molecular formula is C29H28O5. The first-order chi connectivity index (χ1) is 16.6. The zero-order valence-electron chi connectivity index (χ0n) is 19.1. The lowest BCUT2D eigenvalue weighted by molar-refractivity contribution is -0.134. The first-order valence-corrected chi connectivity index (χ1v) is 11.2. The monoisotopic (exact) mass is 456 g/mol. The molecule has 0 saturated carbocycles. The number of esters is 1. The predicted octanol–water partition coefficient (Wildman–Crippen LogP) is 7.76. The van der Waals surface area contributed by atoms with Crippen molar-refractivity contribution >= 4 is 5.97 Å². The quantitative estimate of drug-likeness (QED) is 0.217. The number of rotatable bonds is 8. The third-order valence-corrected chi connectivity index (χ3v) is 4.55. The van der Waals surface area contributed by atoms with Crippen LogP contribution in [0.25, 0.3) is 0 Å². The summed E-state index contributed by atoms with van der Waals surface area (Å²) >= 11 is 0. The van der Waals surface area contributed by atoms with Gasteiger partial charge in [0.05, 0.1) is 0 Å². The lowest BCUT2D eigenvalue weighted by atomic mass is 10.2. The molecule has 0 atom stereocenters. The number of aromatic hydroxyl groups is 1. The van der Waals surface area contributed by atoms with E-state index in [0.29, 0.717) is 23.7 Å². The van der Waals surface area contributed by atoms with Gasteiger partial charge in [-0.15, -0.1) is 0 Å². The number of carbonyl (C=O) groups excluding carboxylic acids is 1. The molecule has 34 heavy (non-hydrogen) atoms. The third kappa shape index (κ3) is 8.71. The van der Waals surface area contributed by atoms with Crippen molar-refractivity contribution in [1.82, 2.24) is 0 Å². The molecule has 0 spiro atoms.